The Hall–Kier alpha value is 1.21. The van der Waals surface area contributed by atoms with Crippen LogP contribution in [0.1, 0.15) is 59.3 Å². The molecule has 5 heteroatoms. The third kappa shape index (κ3) is 46.9. The molecule has 0 aliphatic carbocycles. The van der Waals surface area contributed by atoms with Crippen molar-refractivity contribution < 1.29 is 51.6 Å². The summed E-state index contributed by atoms with van der Waals surface area (Å²) in [6.45, 7) is 8.96. The van der Waals surface area contributed by atoms with E-state index in [9.17, 15) is 0 Å². The van der Waals surface area contributed by atoms with Crippen LogP contribution in [0.5, 0.6) is 0 Å². The molecule has 0 unspecified atom stereocenters. The van der Waals surface area contributed by atoms with Crippen LogP contribution in [0.15, 0.2) is 0 Å². The Balaban J connectivity index is -0.0000000533. The molecule has 0 heterocycles. The molecule has 0 spiro atoms. The van der Waals surface area contributed by atoms with Gasteiger partial charge in [-0.1, -0.05) is 52.9 Å². The Bertz CT molecular complexity index is 82.9. The molecule has 0 rings (SSSR count). The van der Waals surface area contributed by atoms with Gasteiger partial charge in [-0.25, -0.2) is 0 Å². The van der Waals surface area contributed by atoms with Gasteiger partial charge in [-0.3, -0.25) is 0 Å². The van der Waals surface area contributed by atoms with Gasteiger partial charge in [-0.2, -0.15) is 0 Å². The molecule has 0 aromatic heterocycles. The molecule has 0 saturated heterocycles. The number of halogens is 2. The Morgan fingerprint density at radius 2 is 1.12 bits per heavy atom. The summed E-state index contributed by atoms with van der Waals surface area (Å²) in [7, 11) is 0. The molecule has 0 atom stereocenters. The maximum Gasteiger partial charge on any atom is 3.00 e. The van der Waals surface area contributed by atoms with Crippen LogP contribution in [-0.4, -0.2) is 24.8 Å². The van der Waals surface area contributed by atoms with E-state index in [1.54, 1.807) is 0 Å². The normalized spacial score (nSPS) is 7.76. The maximum absolute atomic E-state index is 8.07. The van der Waals surface area contributed by atoms with Crippen LogP contribution in [0, 0.1) is 0 Å². The van der Waals surface area contributed by atoms with E-state index in [4.69, 9.17) is 5.11 Å². The van der Waals surface area contributed by atoms with Gasteiger partial charge in [-0.15, -0.1) is 13.1 Å². The number of aliphatic hydroxyl groups excluding tert-OH is 1. The summed E-state index contributed by atoms with van der Waals surface area (Å²) >= 11 is 0. The molecule has 0 amide bonds. The number of aliphatic hydroxyl groups is 1. The van der Waals surface area contributed by atoms with Crippen LogP contribution in [0.2, 0.25) is 0 Å². The van der Waals surface area contributed by atoms with Crippen LogP contribution in [0.25, 0.3) is 5.32 Å². The van der Waals surface area contributed by atoms with Gasteiger partial charge in [0.1, 0.15) is 0 Å². The van der Waals surface area contributed by atoms with Crippen molar-refractivity contribution in [2.45, 2.75) is 59.3 Å². The van der Waals surface area contributed by atoms with Crippen molar-refractivity contribution in [1.29, 1.82) is 0 Å². The molecule has 2 nitrogen and oxygen atoms in total. The summed E-state index contributed by atoms with van der Waals surface area (Å²) < 4.78 is 0. The fraction of sp³-hybridized carbons (Fsp3) is 1.00. The van der Waals surface area contributed by atoms with Gasteiger partial charge in [0.05, 0.1) is 0 Å². The Kier molecular flexibility index (Phi) is 65.4. The third-order valence-electron chi connectivity index (χ3n) is 1.85. The quantitative estimate of drug-likeness (QED) is 0.398. The van der Waals surface area contributed by atoms with Gasteiger partial charge in [-0.05, 0) is 6.42 Å². The summed E-state index contributed by atoms with van der Waals surface area (Å²) in [5.74, 6) is 0. The topological polar surface area (TPSA) is 34.3 Å². The zero-order valence-electron chi connectivity index (χ0n) is 11.5. The molecule has 1 radical (unpaired) electrons. The van der Waals surface area contributed by atoms with Crippen LogP contribution in [-0.2, 0) is 21.7 Å². The van der Waals surface area contributed by atoms with E-state index in [1.807, 2.05) is 0 Å². The predicted octanol–water partition coefficient (Wildman–Crippen LogP) is -2.26. The van der Waals surface area contributed by atoms with Crippen molar-refractivity contribution in [2.75, 3.05) is 19.7 Å². The van der Waals surface area contributed by atoms with Crippen LogP contribution in [0.3, 0.4) is 0 Å². The van der Waals surface area contributed by atoms with Gasteiger partial charge in [0.15, 0.2) is 0 Å². The zero-order valence-corrected chi connectivity index (χ0v) is 14.6. The maximum atomic E-state index is 8.07. The monoisotopic (exact) mass is 320 g/mol. The molecular formula is C12H28Cl2NOTi. The van der Waals surface area contributed by atoms with Crippen LogP contribution >= 0.6 is 0 Å². The average Bonchev–Trinajstić information content (AvgIpc) is 2.20. The minimum absolute atomic E-state index is 0. The van der Waals surface area contributed by atoms with Crippen molar-refractivity contribution >= 4 is 0 Å². The van der Waals surface area contributed by atoms with Crippen molar-refractivity contribution in [1.82, 2.24) is 0 Å². The van der Waals surface area contributed by atoms with E-state index in [0.29, 0.717) is 6.61 Å². The standard InChI is InChI=1S/C8H18N.C4H10O.2ClH.Ti/c1-3-5-7-9-8-6-4-2;1-2-3-4-5;;;/h3-8H2,1-2H3;5H,2-4H2,1H3;2*1H;/q-1;;;;+3/p-2. The molecule has 0 aliphatic rings. The van der Waals surface area contributed by atoms with Gasteiger partial charge in [0, 0.05) is 6.61 Å². The van der Waals surface area contributed by atoms with E-state index < -0.39 is 0 Å². The first-order chi connectivity index (χ1) is 6.83. The summed E-state index contributed by atoms with van der Waals surface area (Å²) in [4.78, 5) is 0. The van der Waals surface area contributed by atoms with Crippen molar-refractivity contribution in [3.63, 3.8) is 0 Å². The van der Waals surface area contributed by atoms with Gasteiger partial charge < -0.3 is 35.2 Å². The van der Waals surface area contributed by atoms with Crippen molar-refractivity contribution in [3.8, 4) is 0 Å². The molecule has 1 N–H and O–H groups in total. The molecule has 0 aliphatic heterocycles. The molecule has 17 heavy (non-hydrogen) atoms. The zero-order chi connectivity index (χ0) is 11.1. The second-order valence-corrected chi connectivity index (χ2v) is 3.46. The number of rotatable bonds is 8. The molecule has 0 aromatic carbocycles. The first-order valence-electron chi connectivity index (χ1n) is 6.07. The first-order valence-corrected chi connectivity index (χ1v) is 6.07. The van der Waals surface area contributed by atoms with E-state index in [0.717, 1.165) is 25.9 Å². The van der Waals surface area contributed by atoms with Crippen LogP contribution < -0.4 is 24.8 Å². The molecule has 0 bridgehead atoms. The fourth-order valence-electron chi connectivity index (χ4n) is 0.810. The average molecular weight is 321 g/mol. The molecule has 0 fully saturated rings. The number of hydrogen-bond donors (Lipinski definition) is 1. The summed E-state index contributed by atoms with van der Waals surface area (Å²) in [5.41, 5.74) is 0. The SMILES string of the molecule is CCCCO.CCCC[N-]CCCC.[Cl-].[Cl-].[Ti+3]. The summed E-state index contributed by atoms with van der Waals surface area (Å²) in [5, 5.41) is 12.4. The first kappa shape index (κ1) is 30.9. The van der Waals surface area contributed by atoms with E-state index in [2.05, 4.69) is 26.1 Å². The van der Waals surface area contributed by atoms with Crippen molar-refractivity contribution in [3.05, 3.63) is 5.32 Å². The molecular weight excluding hydrogens is 293 g/mol. The smallest absolute Gasteiger partial charge is 1.00 e. The van der Waals surface area contributed by atoms with Crippen LogP contribution in [0.4, 0.5) is 0 Å². The van der Waals surface area contributed by atoms with Gasteiger partial charge >= 0.3 is 21.7 Å². The summed E-state index contributed by atoms with van der Waals surface area (Å²) in [6.07, 6.45) is 7.12. The third-order valence-corrected chi connectivity index (χ3v) is 1.85. The number of unbranched alkanes of at least 4 members (excludes halogenated alkanes) is 3. The second kappa shape index (κ2) is 36.0. The Morgan fingerprint density at radius 3 is 1.29 bits per heavy atom. The predicted molar refractivity (Wildman–Crippen MR) is 64.9 cm³/mol. The molecule has 0 aromatic rings. The minimum Gasteiger partial charge on any atom is -1.00 e. The van der Waals surface area contributed by atoms with Gasteiger partial charge in [0.2, 0.25) is 0 Å². The van der Waals surface area contributed by atoms with E-state index in [1.165, 1.54) is 25.7 Å². The Labute approximate surface area is 135 Å². The van der Waals surface area contributed by atoms with Gasteiger partial charge in [0.25, 0.3) is 0 Å². The fourth-order valence-corrected chi connectivity index (χ4v) is 0.810. The van der Waals surface area contributed by atoms with E-state index >= 15 is 0 Å². The van der Waals surface area contributed by atoms with E-state index in [-0.39, 0.29) is 46.5 Å². The number of nitrogens with zero attached hydrogens (tertiary/aromatic N) is 1. The molecule has 0 saturated carbocycles. The second-order valence-electron chi connectivity index (χ2n) is 3.46. The number of hydrogen-bond acceptors (Lipinski definition) is 1. The minimum atomic E-state index is 0. The summed E-state index contributed by atoms with van der Waals surface area (Å²) in [6, 6.07) is 0. The van der Waals surface area contributed by atoms with Crippen molar-refractivity contribution in [2.24, 2.45) is 0 Å². The largest absolute Gasteiger partial charge is 3.00 e. The Morgan fingerprint density at radius 1 is 0.765 bits per heavy atom. The molecule has 105 valence electrons.